The summed E-state index contributed by atoms with van der Waals surface area (Å²) in [7, 11) is 1.78. The molecule has 102 valence electrons. The highest BCUT2D eigenvalue weighted by molar-refractivity contribution is 5.14. The molecular formula is C16H27NO. The third-order valence-electron chi connectivity index (χ3n) is 3.21. The van der Waals surface area contributed by atoms with Crippen LogP contribution in [0.4, 0.5) is 0 Å². The normalized spacial score (nSPS) is 12.6. The molecule has 0 bridgehead atoms. The van der Waals surface area contributed by atoms with Gasteiger partial charge in [0.25, 0.3) is 0 Å². The van der Waals surface area contributed by atoms with Crippen LogP contribution in [-0.2, 0) is 11.2 Å². The van der Waals surface area contributed by atoms with Crippen LogP contribution in [0.15, 0.2) is 30.3 Å². The largest absolute Gasteiger partial charge is 0.385 e. The van der Waals surface area contributed by atoms with Crippen molar-refractivity contribution in [3.63, 3.8) is 0 Å². The Morgan fingerprint density at radius 2 is 1.94 bits per heavy atom. The van der Waals surface area contributed by atoms with Crippen LogP contribution in [0.5, 0.6) is 0 Å². The standard InChI is InChI=1S/C16H27NO/c1-3-13-17-16(10-7-14-18-2)12-11-15-8-5-4-6-9-15/h4-6,8-9,16-17H,3,7,10-14H2,1-2H3. The monoisotopic (exact) mass is 249 g/mol. The summed E-state index contributed by atoms with van der Waals surface area (Å²) in [5.41, 5.74) is 1.44. The summed E-state index contributed by atoms with van der Waals surface area (Å²) in [6.07, 6.45) is 5.93. The predicted octanol–water partition coefficient (Wildman–Crippen LogP) is 3.41. The van der Waals surface area contributed by atoms with Gasteiger partial charge in [-0.25, -0.2) is 0 Å². The van der Waals surface area contributed by atoms with Crippen molar-refractivity contribution in [3.05, 3.63) is 35.9 Å². The van der Waals surface area contributed by atoms with Crippen LogP contribution < -0.4 is 5.32 Å². The highest BCUT2D eigenvalue weighted by Gasteiger charge is 2.07. The first-order valence-corrected chi connectivity index (χ1v) is 7.13. The fourth-order valence-corrected chi connectivity index (χ4v) is 2.16. The minimum Gasteiger partial charge on any atom is -0.385 e. The van der Waals surface area contributed by atoms with Crippen LogP contribution >= 0.6 is 0 Å². The van der Waals surface area contributed by atoms with Gasteiger partial charge >= 0.3 is 0 Å². The Hall–Kier alpha value is -0.860. The third kappa shape index (κ3) is 6.77. The Morgan fingerprint density at radius 1 is 1.17 bits per heavy atom. The molecule has 1 aromatic rings. The van der Waals surface area contributed by atoms with Gasteiger partial charge in [-0.3, -0.25) is 0 Å². The van der Waals surface area contributed by atoms with Gasteiger partial charge in [0.05, 0.1) is 0 Å². The molecule has 0 radical (unpaired) electrons. The van der Waals surface area contributed by atoms with Crippen molar-refractivity contribution >= 4 is 0 Å². The van der Waals surface area contributed by atoms with Gasteiger partial charge in [0.2, 0.25) is 0 Å². The Kier molecular flexibility index (Phi) is 8.53. The van der Waals surface area contributed by atoms with Crippen LogP contribution in [0.2, 0.25) is 0 Å². The average molecular weight is 249 g/mol. The maximum Gasteiger partial charge on any atom is 0.0462 e. The molecule has 0 saturated heterocycles. The fourth-order valence-electron chi connectivity index (χ4n) is 2.16. The molecule has 18 heavy (non-hydrogen) atoms. The second kappa shape index (κ2) is 10.1. The summed E-state index contributed by atoms with van der Waals surface area (Å²) in [5, 5.41) is 3.64. The highest BCUT2D eigenvalue weighted by atomic mass is 16.5. The van der Waals surface area contributed by atoms with E-state index in [1.54, 1.807) is 7.11 Å². The first kappa shape index (κ1) is 15.2. The summed E-state index contributed by atoms with van der Waals surface area (Å²) in [6, 6.07) is 11.4. The SMILES string of the molecule is CCCNC(CCCOC)CCc1ccccc1. The zero-order chi connectivity index (χ0) is 13.1. The molecule has 2 heteroatoms. The van der Waals surface area contributed by atoms with Gasteiger partial charge in [-0.1, -0.05) is 37.3 Å². The van der Waals surface area contributed by atoms with Gasteiger partial charge < -0.3 is 10.1 Å². The quantitative estimate of drug-likeness (QED) is 0.642. The maximum atomic E-state index is 5.13. The zero-order valence-corrected chi connectivity index (χ0v) is 11.8. The van der Waals surface area contributed by atoms with Gasteiger partial charge in [-0.2, -0.15) is 0 Å². The predicted molar refractivity (Wildman–Crippen MR) is 78.0 cm³/mol. The summed E-state index contributed by atoms with van der Waals surface area (Å²) in [6.45, 7) is 4.21. The summed E-state index contributed by atoms with van der Waals surface area (Å²) < 4.78 is 5.13. The van der Waals surface area contributed by atoms with E-state index in [0.717, 1.165) is 26.0 Å². The average Bonchev–Trinajstić information content (AvgIpc) is 2.42. The van der Waals surface area contributed by atoms with Crippen molar-refractivity contribution in [2.75, 3.05) is 20.3 Å². The van der Waals surface area contributed by atoms with Gasteiger partial charge in [0.1, 0.15) is 0 Å². The van der Waals surface area contributed by atoms with E-state index in [1.165, 1.54) is 24.8 Å². The van der Waals surface area contributed by atoms with Gasteiger partial charge in [-0.05, 0) is 44.2 Å². The number of hydrogen-bond donors (Lipinski definition) is 1. The molecule has 0 aliphatic carbocycles. The Balaban J connectivity index is 2.30. The van der Waals surface area contributed by atoms with E-state index in [-0.39, 0.29) is 0 Å². The minimum absolute atomic E-state index is 0.625. The molecule has 0 aliphatic heterocycles. The topological polar surface area (TPSA) is 21.3 Å². The number of methoxy groups -OCH3 is 1. The molecular weight excluding hydrogens is 222 g/mol. The van der Waals surface area contributed by atoms with Crippen molar-refractivity contribution in [2.24, 2.45) is 0 Å². The zero-order valence-electron chi connectivity index (χ0n) is 11.8. The molecule has 1 rings (SSSR count). The second-order valence-electron chi connectivity index (χ2n) is 4.81. The molecule has 1 N–H and O–H groups in total. The molecule has 0 heterocycles. The molecule has 1 atom stereocenters. The van der Waals surface area contributed by atoms with Crippen LogP contribution in [0, 0.1) is 0 Å². The van der Waals surface area contributed by atoms with Crippen LogP contribution in [0.3, 0.4) is 0 Å². The molecule has 1 aromatic carbocycles. The summed E-state index contributed by atoms with van der Waals surface area (Å²) in [4.78, 5) is 0. The molecule has 0 aromatic heterocycles. The molecule has 0 amide bonds. The van der Waals surface area contributed by atoms with E-state index in [9.17, 15) is 0 Å². The van der Waals surface area contributed by atoms with Crippen molar-refractivity contribution < 1.29 is 4.74 Å². The number of ether oxygens (including phenoxy) is 1. The fraction of sp³-hybridized carbons (Fsp3) is 0.625. The number of benzene rings is 1. The van der Waals surface area contributed by atoms with Gasteiger partial charge in [-0.15, -0.1) is 0 Å². The third-order valence-corrected chi connectivity index (χ3v) is 3.21. The van der Waals surface area contributed by atoms with E-state index >= 15 is 0 Å². The molecule has 0 aliphatic rings. The number of hydrogen-bond acceptors (Lipinski definition) is 2. The smallest absolute Gasteiger partial charge is 0.0462 e. The molecule has 0 spiro atoms. The number of rotatable bonds is 10. The lowest BCUT2D eigenvalue weighted by Gasteiger charge is -2.18. The van der Waals surface area contributed by atoms with Crippen LogP contribution in [0.1, 0.15) is 38.2 Å². The van der Waals surface area contributed by atoms with E-state index < -0.39 is 0 Å². The highest BCUT2D eigenvalue weighted by Crippen LogP contribution is 2.09. The molecule has 2 nitrogen and oxygen atoms in total. The Bertz CT molecular complexity index is 286. The van der Waals surface area contributed by atoms with Crippen molar-refractivity contribution in [1.82, 2.24) is 5.32 Å². The maximum absolute atomic E-state index is 5.13. The van der Waals surface area contributed by atoms with E-state index in [2.05, 4.69) is 42.6 Å². The van der Waals surface area contributed by atoms with Crippen LogP contribution in [0.25, 0.3) is 0 Å². The lowest BCUT2D eigenvalue weighted by atomic mass is 10.0. The summed E-state index contributed by atoms with van der Waals surface area (Å²) >= 11 is 0. The number of nitrogens with one attached hydrogen (secondary N) is 1. The van der Waals surface area contributed by atoms with Gasteiger partial charge in [0.15, 0.2) is 0 Å². The van der Waals surface area contributed by atoms with Crippen molar-refractivity contribution in [2.45, 2.75) is 45.1 Å². The second-order valence-corrected chi connectivity index (χ2v) is 4.81. The van der Waals surface area contributed by atoms with Crippen LogP contribution in [-0.4, -0.2) is 26.3 Å². The Morgan fingerprint density at radius 3 is 2.61 bits per heavy atom. The summed E-state index contributed by atoms with van der Waals surface area (Å²) in [5.74, 6) is 0. The first-order chi connectivity index (χ1) is 8.86. The van der Waals surface area contributed by atoms with E-state index in [1.807, 2.05) is 0 Å². The van der Waals surface area contributed by atoms with Crippen molar-refractivity contribution in [1.29, 1.82) is 0 Å². The van der Waals surface area contributed by atoms with Gasteiger partial charge in [0, 0.05) is 19.8 Å². The minimum atomic E-state index is 0.625. The Labute approximate surface area is 112 Å². The number of aryl methyl sites for hydroxylation is 1. The lowest BCUT2D eigenvalue weighted by Crippen LogP contribution is -2.30. The molecule has 0 saturated carbocycles. The first-order valence-electron chi connectivity index (χ1n) is 7.13. The lowest BCUT2D eigenvalue weighted by molar-refractivity contribution is 0.188. The van der Waals surface area contributed by atoms with E-state index in [4.69, 9.17) is 4.74 Å². The van der Waals surface area contributed by atoms with Crippen molar-refractivity contribution in [3.8, 4) is 0 Å². The van der Waals surface area contributed by atoms with E-state index in [0.29, 0.717) is 6.04 Å². The molecule has 1 unspecified atom stereocenters. The molecule has 0 fully saturated rings.